The van der Waals surface area contributed by atoms with Crippen LogP contribution in [0, 0.1) is 10.6 Å². The van der Waals surface area contributed by atoms with E-state index in [2.05, 4.69) is 15.6 Å². The van der Waals surface area contributed by atoms with Crippen LogP contribution in [0.25, 0.3) is 0 Å². The predicted molar refractivity (Wildman–Crippen MR) is 104 cm³/mol. The van der Waals surface area contributed by atoms with Crippen molar-refractivity contribution in [1.82, 2.24) is 14.9 Å². The summed E-state index contributed by atoms with van der Waals surface area (Å²) in [4.78, 5) is 0. The summed E-state index contributed by atoms with van der Waals surface area (Å²) in [5, 5.41) is 6.93. The minimum absolute atomic E-state index is 0.130. The highest BCUT2D eigenvalue weighted by molar-refractivity contribution is 7.71. The van der Waals surface area contributed by atoms with E-state index >= 15 is 0 Å². The molecule has 0 radical (unpaired) electrons. The van der Waals surface area contributed by atoms with Crippen molar-refractivity contribution in [2.75, 3.05) is 12.5 Å². The van der Waals surface area contributed by atoms with E-state index in [4.69, 9.17) is 21.7 Å². The van der Waals surface area contributed by atoms with Gasteiger partial charge >= 0.3 is 0 Å². The van der Waals surface area contributed by atoms with Crippen LogP contribution < -0.4 is 14.9 Å². The van der Waals surface area contributed by atoms with E-state index in [-0.39, 0.29) is 12.4 Å². The Morgan fingerprint density at radius 3 is 2.78 bits per heavy atom. The van der Waals surface area contributed by atoms with E-state index in [0.29, 0.717) is 28.4 Å². The fourth-order valence-corrected chi connectivity index (χ4v) is 2.83. The van der Waals surface area contributed by atoms with Gasteiger partial charge in [-0.15, -0.1) is 0 Å². The Kier molecular flexibility index (Phi) is 6.08. The Balaban J connectivity index is 1.69. The van der Waals surface area contributed by atoms with Crippen molar-refractivity contribution >= 4 is 12.2 Å². The SMILES string of the molecule is CCc1n[nH]c(=S)n1NCc1ccc(OCc2ccccc2F)c(OC)c1. The molecular weight excluding hydrogens is 367 g/mol. The smallest absolute Gasteiger partial charge is 0.214 e. The van der Waals surface area contributed by atoms with Crippen LogP contribution in [-0.2, 0) is 19.6 Å². The second-order valence-electron chi connectivity index (χ2n) is 5.83. The van der Waals surface area contributed by atoms with Crippen molar-refractivity contribution in [1.29, 1.82) is 0 Å². The first kappa shape index (κ1) is 18.9. The van der Waals surface area contributed by atoms with Gasteiger partial charge in [0.05, 0.1) is 13.7 Å². The number of hydrogen-bond acceptors (Lipinski definition) is 5. The van der Waals surface area contributed by atoms with Crippen molar-refractivity contribution in [3.63, 3.8) is 0 Å². The number of nitrogens with zero attached hydrogens (tertiary/aromatic N) is 2. The maximum atomic E-state index is 13.7. The number of H-pyrrole nitrogens is 1. The van der Waals surface area contributed by atoms with Gasteiger partial charge in [-0.1, -0.05) is 31.2 Å². The van der Waals surface area contributed by atoms with Crippen LogP contribution in [-0.4, -0.2) is 22.0 Å². The van der Waals surface area contributed by atoms with Gasteiger partial charge in [-0.25, -0.2) is 9.07 Å². The van der Waals surface area contributed by atoms with Crippen LogP contribution in [0.3, 0.4) is 0 Å². The maximum Gasteiger partial charge on any atom is 0.214 e. The second kappa shape index (κ2) is 8.68. The molecule has 8 heteroatoms. The van der Waals surface area contributed by atoms with Crippen LogP contribution >= 0.6 is 12.2 Å². The Bertz CT molecular complexity index is 970. The molecule has 142 valence electrons. The summed E-state index contributed by atoms with van der Waals surface area (Å²) in [7, 11) is 1.57. The maximum absolute atomic E-state index is 13.7. The minimum Gasteiger partial charge on any atom is -0.493 e. The zero-order valence-electron chi connectivity index (χ0n) is 15.2. The zero-order chi connectivity index (χ0) is 19.2. The first-order valence-corrected chi connectivity index (χ1v) is 8.96. The normalized spacial score (nSPS) is 10.6. The van der Waals surface area contributed by atoms with E-state index in [1.165, 1.54) is 6.07 Å². The van der Waals surface area contributed by atoms with Gasteiger partial charge in [-0.05, 0) is 36.0 Å². The van der Waals surface area contributed by atoms with E-state index < -0.39 is 0 Å². The van der Waals surface area contributed by atoms with Gasteiger partial charge in [-0.3, -0.25) is 5.10 Å². The molecule has 0 saturated carbocycles. The quantitative estimate of drug-likeness (QED) is 0.572. The molecule has 1 heterocycles. The monoisotopic (exact) mass is 388 g/mol. The Morgan fingerprint density at radius 2 is 2.04 bits per heavy atom. The summed E-state index contributed by atoms with van der Waals surface area (Å²) in [6.07, 6.45) is 0.756. The molecule has 0 spiro atoms. The molecule has 0 amide bonds. The van der Waals surface area contributed by atoms with Crippen molar-refractivity contribution in [2.24, 2.45) is 0 Å². The lowest BCUT2D eigenvalue weighted by Gasteiger charge is -2.14. The number of nitrogens with one attached hydrogen (secondary N) is 2. The van der Waals surface area contributed by atoms with E-state index in [1.54, 1.807) is 30.0 Å². The number of aromatic nitrogens is 3. The van der Waals surface area contributed by atoms with E-state index in [1.807, 2.05) is 25.1 Å². The van der Waals surface area contributed by atoms with Gasteiger partial charge in [0.15, 0.2) is 17.3 Å². The molecule has 0 atom stereocenters. The summed E-state index contributed by atoms with van der Waals surface area (Å²) in [6.45, 7) is 2.67. The number of halogens is 1. The average Bonchev–Trinajstić information content (AvgIpc) is 3.05. The third-order valence-corrected chi connectivity index (χ3v) is 4.34. The zero-order valence-corrected chi connectivity index (χ0v) is 16.0. The Labute approximate surface area is 161 Å². The van der Waals surface area contributed by atoms with Crippen LogP contribution in [0.5, 0.6) is 11.5 Å². The summed E-state index contributed by atoms with van der Waals surface area (Å²) in [5.41, 5.74) is 4.71. The summed E-state index contributed by atoms with van der Waals surface area (Å²) < 4.78 is 27.2. The molecule has 0 aliphatic heterocycles. The van der Waals surface area contributed by atoms with Crippen LogP contribution in [0.4, 0.5) is 4.39 Å². The highest BCUT2D eigenvalue weighted by atomic mass is 32.1. The summed E-state index contributed by atoms with van der Waals surface area (Å²) in [6, 6.07) is 12.1. The van der Waals surface area contributed by atoms with Gasteiger partial charge in [0.25, 0.3) is 0 Å². The third-order valence-electron chi connectivity index (χ3n) is 4.07. The van der Waals surface area contributed by atoms with Crippen LogP contribution in [0.15, 0.2) is 42.5 Å². The largest absolute Gasteiger partial charge is 0.493 e. The lowest BCUT2D eigenvalue weighted by molar-refractivity contribution is 0.279. The number of aromatic amines is 1. The van der Waals surface area contributed by atoms with Gasteiger partial charge in [0.1, 0.15) is 12.4 Å². The minimum atomic E-state index is -0.291. The third kappa shape index (κ3) is 4.46. The lowest BCUT2D eigenvalue weighted by Crippen LogP contribution is -2.17. The van der Waals surface area contributed by atoms with Crippen molar-refractivity contribution in [3.8, 4) is 11.5 Å². The Morgan fingerprint density at radius 1 is 1.22 bits per heavy atom. The van der Waals surface area contributed by atoms with E-state index in [0.717, 1.165) is 17.8 Å². The molecule has 2 N–H and O–H groups in total. The molecule has 2 aromatic carbocycles. The molecule has 0 fully saturated rings. The Hall–Kier alpha value is -2.87. The van der Waals surface area contributed by atoms with Crippen LogP contribution in [0.2, 0.25) is 0 Å². The molecule has 0 aliphatic carbocycles. The van der Waals surface area contributed by atoms with Gasteiger partial charge in [0.2, 0.25) is 4.77 Å². The number of rotatable bonds is 8. The molecular formula is C19H21FN4O2S. The topological polar surface area (TPSA) is 64.1 Å². The first-order chi connectivity index (χ1) is 13.1. The standard InChI is InChI=1S/C19H21FN4O2S/c1-3-18-22-23-19(27)24(18)21-11-13-8-9-16(17(10-13)25-2)26-12-14-6-4-5-7-15(14)20/h4-10,21H,3,11-12H2,1-2H3,(H,23,27). The van der Waals surface area contributed by atoms with Crippen molar-refractivity contribution in [3.05, 3.63) is 70.0 Å². The highest BCUT2D eigenvalue weighted by Gasteiger charge is 2.09. The summed E-state index contributed by atoms with van der Waals surface area (Å²) >= 11 is 5.22. The molecule has 0 unspecified atom stereocenters. The van der Waals surface area contributed by atoms with Gasteiger partial charge in [0, 0.05) is 12.0 Å². The molecule has 0 saturated heterocycles. The fourth-order valence-electron chi connectivity index (χ4n) is 2.61. The fraction of sp³-hybridized carbons (Fsp3) is 0.263. The van der Waals surface area contributed by atoms with Crippen molar-refractivity contribution in [2.45, 2.75) is 26.5 Å². The summed E-state index contributed by atoms with van der Waals surface area (Å²) in [5.74, 6) is 1.67. The average molecular weight is 388 g/mol. The van der Waals surface area contributed by atoms with Gasteiger partial charge in [-0.2, -0.15) is 5.10 Å². The number of hydrogen-bond donors (Lipinski definition) is 2. The molecule has 1 aromatic heterocycles. The number of methoxy groups -OCH3 is 1. The molecule has 0 aliphatic rings. The van der Waals surface area contributed by atoms with Crippen LogP contribution in [0.1, 0.15) is 23.9 Å². The highest BCUT2D eigenvalue weighted by Crippen LogP contribution is 2.29. The predicted octanol–water partition coefficient (Wildman–Crippen LogP) is 3.97. The number of aryl methyl sites for hydroxylation is 1. The molecule has 0 bridgehead atoms. The molecule has 6 nitrogen and oxygen atoms in total. The van der Waals surface area contributed by atoms with Gasteiger partial charge < -0.3 is 14.9 Å². The van der Waals surface area contributed by atoms with E-state index in [9.17, 15) is 4.39 Å². The molecule has 3 aromatic rings. The van der Waals surface area contributed by atoms with Crippen molar-refractivity contribution < 1.29 is 13.9 Å². The second-order valence-corrected chi connectivity index (χ2v) is 6.22. The number of ether oxygens (including phenoxy) is 2. The first-order valence-electron chi connectivity index (χ1n) is 8.55. The lowest BCUT2D eigenvalue weighted by atomic mass is 10.2. The molecule has 3 rings (SSSR count). The number of benzene rings is 2. The molecule has 27 heavy (non-hydrogen) atoms.